The van der Waals surface area contributed by atoms with E-state index in [1.54, 1.807) is 0 Å². The van der Waals surface area contributed by atoms with Crippen LogP contribution in [0, 0.1) is 11.3 Å². The molecule has 1 saturated carbocycles. The third kappa shape index (κ3) is 3.51. The van der Waals surface area contributed by atoms with Crippen molar-refractivity contribution in [2.45, 2.75) is 38.1 Å². The van der Waals surface area contributed by atoms with E-state index in [9.17, 15) is 8.42 Å². The van der Waals surface area contributed by atoms with E-state index in [0.717, 1.165) is 31.6 Å². The van der Waals surface area contributed by atoms with Crippen LogP contribution in [0.15, 0.2) is 0 Å². The summed E-state index contributed by atoms with van der Waals surface area (Å²) in [5, 5.41) is 8.46. The van der Waals surface area contributed by atoms with E-state index in [1.807, 2.05) is 0 Å². The highest BCUT2D eigenvalue weighted by molar-refractivity contribution is 7.87. The van der Waals surface area contributed by atoms with Crippen LogP contribution >= 0.6 is 0 Å². The normalized spacial score (nSPS) is 31.6. The molecular weight excluding hydrogens is 276 g/mol. The zero-order chi connectivity index (χ0) is 14.2. The number of hydrogen-bond donors (Lipinski definition) is 3. The Morgan fingerprint density at radius 1 is 1.25 bits per heavy atom. The van der Waals surface area contributed by atoms with Gasteiger partial charge in [0, 0.05) is 25.7 Å². The molecule has 1 atom stereocenters. The minimum Gasteiger partial charge on any atom is -0.316 e. The molecule has 0 aromatic rings. The number of nitrogens with one attached hydrogen (secondary N) is 2. The van der Waals surface area contributed by atoms with E-state index in [1.165, 1.54) is 39.1 Å². The van der Waals surface area contributed by atoms with Crippen molar-refractivity contribution < 1.29 is 8.42 Å². The van der Waals surface area contributed by atoms with Gasteiger partial charge in [-0.05, 0) is 56.5 Å². The molecule has 2 heterocycles. The number of rotatable bonds is 4. The minimum atomic E-state index is -3.54. The lowest BCUT2D eigenvalue weighted by molar-refractivity contribution is -0.0387. The molecule has 20 heavy (non-hydrogen) atoms. The number of nitrogens with two attached hydrogens (primary N) is 1. The summed E-state index contributed by atoms with van der Waals surface area (Å²) in [7, 11) is -3.54. The standard InChI is InChI=1S/C13H26N4O2S/c14-20(18,19)16-12-1-4-13(5-2-12)9-17(10-13)8-11-3-6-15-7-11/h11-12,15-16H,1-10H2,(H2,14,18,19)/t11-/m0/s1. The van der Waals surface area contributed by atoms with Gasteiger partial charge in [-0.2, -0.15) is 13.1 Å². The van der Waals surface area contributed by atoms with E-state index in [-0.39, 0.29) is 6.04 Å². The Morgan fingerprint density at radius 3 is 2.50 bits per heavy atom. The third-order valence-electron chi connectivity index (χ3n) is 5.17. The monoisotopic (exact) mass is 302 g/mol. The molecule has 0 unspecified atom stereocenters. The molecule has 0 amide bonds. The predicted octanol–water partition coefficient (Wildman–Crippen LogP) is -0.366. The van der Waals surface area contributed by atoms with Crippen LogP contribution in [-0.2, 0) is 10.2 Å². The van der Waals surface area contributed by atoms with Crippen LogP contribution in [0.4, 0.5) is 0 Å². The van der Waals surface area contributed by atoms with E-state index >= 15 is 0 Å². The Hall–Kier alpha value is -0.210. The van der Waals surface area contributed by atoms with E-state index in [0.29, 0.717) is 5.41 Å². The molecule has 2 saturated heterocycles. The Bertz CT molecular complexity index is 431. The number of hydrogen-bond acceptors (Lipinski definition) is 4. The van der Waals surface area contributed by atoms with Crippen molar-refractivity contribution in [1.29, 1.82) is 0 Å². The Kier molecular flexibility index (Phi) is 4.07. The maximum Gasteiger partial charge on any atom is 0.274 e. The SMILES string of the molecule is NS(=O)(=O)NC1CCC2(CC1)CN(C[C@H]1CCNC1)C2. The third-order valence-corrected chi connectivity index (χ3v) is 5.84. The summed E-state index contributed by atoms with van der Waals surface area (Å²) in [5.74, 6) is 0.827. The van der Waals surface area contributed by atoms with Crippen molar-refractivity contribution in [3.05, 3.63) is 0 Å². The van der Waals surface area contributed by atoms with Gasteiger partial charge in [0.15, 0.2) is 0 Å². The molecule has 3 aliphatic rings. The van der Waals surface area contributed by atoms with Crippen LogP contribution in [0.25, 0.3) is 0 Å². The molecule has 2 aliphatic heterocycles. The maximum atomic E-state index is 11.0. The van der Waals surface area contributed by atoms with Crippen molar-refractivity contribution in [1.82, 2.24) is 14.9 Å². The van der Waals surface area contributed by atoms with Gasteiger partial charge < -0.3 is 10.2 Å². The van der Waals surface area contributed by atoms with Crippen molar-refractivity contribution in [3.8, 4) is 0 Å². The Balaban J connectivity index is 1.41. The van der Waals surface area contributed by atoms with Crippen LogP contribution in [0.3, 0.4) is 0 Å². The van der Waals surface area contributed by atoms with Crippen LogP contribution in [0.5, 0.6) is 0 Å². The molecule has 0 bridgehead atoms. The van der Waals surface area contributed by atoms with Gasteiger partial charge in [0.25, 0.3) is 10.2 Å². The summed E-state index contributed by atoms with van der Waals surface area (Å²) in [6, 6.07) is 0.0451. The lowest BCUT2D eigenvalue weighted by Crippen LogP contribution is -2.59. The van der Waals surface area contributed by atoms with Crippen LogP contribution < -0.4 is 15.2 Å². The van der Waals surface area contributed by atoms with Crippen LogP contribution in [0.1, 0.15) is 32.1 Å². The minimum absolute atomic E-state index is 0.0451. The summed E-state index contributed by atoms with van der Waals surface area (Å²) in [6.07, 6.45) is 5.41. The first-order valence-electron chi connectivity index (χ1n) is 7.67. The molecule has 0 radical (unpaired) electrons. The molecule has 1 spiro atoms. The average molecular weight is 302 g/mol. The second kappa shape index (κ2) is 5.53. The fraction of sp³-hybridized carbons (Fsp3) is 1.00. The predicted molar refractivity (Wildman–Crippen MR) is 78.3 cm³/mol. The van der Waals surface area contributed by atoms with Gasteiger partial charge >= 0.3 is 0 Å². The van der Waals surface area contributed by atoms with Crippen molar-refractivity contribution in [2.24, 2.45) is 16.5 Å². The summed E-state index contributed by atoms with van der Waals surface area (Å²) in [5.41, 5.74) is 0.461. The maximum absolute atomic E-state index is 11.0. The molecule has 3 fully saturated rings. The van der Waals surface area contributed by atoms with E-state index < -0.39 is 10.2 Å². The number of nitrogens with zero attached hydrogens (tertiary/aromatic N) is 1. The quantitative estimate of drug-likeness (QED) is 0.661. The molecule has 7 heteroatoms. The van der Waals surface area contributed by atoms with E-state index in [4.69, 9.17) is 5.14 Å². The van der Waals surface area contributed by atoms with Gasteiger partial charge in [-0.3, -0.25) is 0 Å². The average Bonchev–Trinajstić information content (AvgIpc) is 2.80. The van der Waals surface area contributed by atoms with Gasteiger partial charge in [0.05, 0.1) is 0 Å². The first-order valence-corrected chi connectivity index (χ1v) is 9.22. The molecule has 4 N–H and O–H groups in total. The van der Waals surface area contributed by atoms with Crippen LogP contribution in [-0.4, -0.2) is 52.1 Å². The second-order valence-corrected chi connectivity index (χ2v) is 8.29. The zero-order valence-electron chi connectivity index (χ0n) is 12.0. The largest absolute Gasteiger partial charge is 0.316 e. The van der Waals surface area contributed by atoms with Crippen LogP contribution in [0.2, 0.25) is 0 Å². The summed E-state index contributed by atoms with van der Waals surface area (Å²) < 4.78 is 24.6. The second-order valence-electron chi connectivity index (χ2n) is 6.97. The smallest absolute Gasteiger partial charge is 0.274 e. The van der Waals surface area contributed by atoms with Gasteiger partial charge in [-0.1, -0.05) is 0 Å². The lowest BCUT2D eigenvalue weighted by atomic mass is 9.67. The zero-order valence-corrected chi connectivity index (χ0v) is 12.8. The first-order chi connectivity index (χ1) is 9.44. The lowest BCUT2D eigenvalue weighted by Gasteiger charge is -2.54. The van der Waals surface area contributed by atoms with Gasteiger partial charge in [0.1, 0.15) is 0 Å². The highest BCUT2D eigenvalue weighted by Gasteiger charge is 2.45. The molecule has 1 aliphatic carbocycles. The fourth-order valence-electron chi connectivity index (χ4n) is 4.16. The van der Waals surface area contributed by atoms with E-state index in [2.05, 4.69) is 14.9 Å². The highest BCUT2D eigenvalue weighted by Crippen LogP contribution is 2.44. The number of likely N-dealkylation sites (tertiary alicyclic amines) is 1. The molecule has 116 valence electrons. The molecule has 0 aromatic heterocycles. The molecule has 0 aromatic carbocycles. The van der Waals surface area contributed by atoms with Gasteiger partial charge in [-0.15, -0.1) is 0 Å². The Labute approximate surface area is 121 Å². The summed E-state index contributed by atoms with van der Waals surface area (Å²) in [4.78, 5) is 2.57. The summed E-state index contributed by atoms with van der Waals surface area (Å²) in [6.45, 7) is 5.97. The topological polar surface area (TPSA) is 87.5 Å². The van der Waals surface area contributed by atoms with Crippen molar-refractivity contribution in [3.63, 3.8) is 0 Å². The first kappa shape index (κ1) is 14.7. The summed E-state index contributed by atoms with van der Waals surface area (Å²) >= 11 is 0. The van der Waals surface area contributed by atoms with Crippen molar-refractivity contribution >= 4 is 10.2 Å². The van der Waals surface area contributed by atoms with Crippen molar-refractivity contribution in [2.75, 3.05) is 32.7 Å². The Morgan fingerprint density at radius 2 is 1.95 bits per heavy atom. The molecule has 3 rings (SSSR count). The molecule has 6 nitrogen and oxygen atoms in total. The fourth-order valence-corrected chi connectivity index (χ4v) is 4.86. The molecular formula is C13H26N4O2S. The van der Waals surface area contributed by atoms with Gasteiger partial charge in [0.2, 0.25) is 0 Å². The highest BCUT2D eigenvalue weighted by atomic mass is 32.2. The van der Waals surface area contributed by atoms with Gasteiger partial charge in [-0.25, -0.2) is 5.14 Å².